The summed E-state index contributed by atoms with van der Waals surface area (Å²) in [7, 11) is 0. The number of nitrogens with two attached hydrogens (primary N) is 1. The van der Waals surface area contributed by atoms with Gasteiger partial charge in [-0.1, -0.05) is 22.0 Å². The van der Waals surface area contributed by atoms with Crippen LogP contribution in [0.4, 0.5) is 5.69 Å². The lowest BCUT2D eigenvalue weighted by molar-refractivity contribution is 0.479. The standard InChI is InChI=1S/C16H14BrN3O/c17-9-4-7-14-13(8-9)19-16(20(14)10-5-6-10)11-2-1-3-12(18)15(11)21/h1-4,7-8,10,21H,5-6,18H2. The summed E-state index contributed by atoms with van der Waals surface area (Å²) in [6.07, 6.45) is 2.30. The number of rotatable bonds is 2. The minimum absolute atomic E-state index is 0.105. The first kappa shape index (κ1) is 12.7. The molecule has 3 N–H and O–H groups in total. The molecule has 1 fully saturated rings. The average molecular weight is 344 g/mol. The zero-order chi connectivity index (χ0) is 14.6. The predicted molar refractivity (Wildman–Crippen MR) is 87.2 cm³/mol. The molecule has 0 spiro atoms. The molecule has 4 rings (SSSR count). The number of aromatic hydroxyl groups is 1. The molecule has 1 aromatic heterocycles. The highest BCUT2D eigenvalue weighted by Gasteiger charge is 2.29. The van der Waals surface area contributed by atoms with Gasteiger partial charge in [-0.3, -0.25) is 0 Å². The first-order valence-corrected chi connectivity index (χ1v) is 7.70. The van der Waals surface area contributed by atoms with Gasteiger partial charge in [0, 0.05) is 10.5 Å². The molecular weight excluding hydrogens is 330 g/mol. The first-order valence-electron chi connectivity index (χ1n) is 6.90. The van der Waals surface area contributed by atoms with Crippen LogP contribution in [0.5, 0.6) is 5.75 Å². The Labute approximate surface area is 130 Å². The Balaban J connectivity index is 2.03. The van der Waals surface area contributed by atoms with Gasteiger partial charge in [-0.05, 0) is 43.2 Å². The summed E-state index contributed by atoms with van der Waals surface area (Å²) in [5.41, 5.74) is 8.91. The number of fused-ring (bicyclic) bond motifs is 1. The summed E-state index contributed by atoms with van der Waals surface area (Å²) < 4.78 is 3.22. The molecule has 0 unspecified atom stereocenters. The fraction of sp³-hybridized carbons (Fsp3) is 0.188. The summed E-state index contributed by atoms with van der Waals surface area (Å²) in [6.45, 7) is 0. The number of nitrogens with zero attached hydrogens (tertiary/aromatic N) is 2. The van der Waals surface area contributed by atoms with Crippen molar-refractivity contribution in [2.75, 3.05) is 5.73 Å². The van der Waals surface area contributed by atoms with E-state index in [1.165, 1.54) is 0 Å². The Morgan fingerprint density at radius 2 is 2.05 bits per heavy atom. The van der Waals surface area contributed by atoms with Crippen LogP contribution in [-0.4, -0.2) is 14.7 Å². The van der Waals surface area contributed by atoms with E-state index < -0.39 is 0 Å². The SMILES string of the molecule is Nc1cccc(-c2nc3cc(Br)ccc3n2C2CC2)c1O. The maximum atomic E-state index is 10.3. The monoisotopic (exact) mass is 343 g/mol. The number of benzene rings is 2. The Morgan fingerprint density at radius 1 is 1.24 bits per heavy atom. The zero-order valence-corrected chi connectivity index (χ0v) is 12.8. The van der Waals surface area contributed by atoms with Crippen LogP contribution in [0.25, 0.3) is 22.4 Å². The van der Waals surface area contributed by atoms with Gasteiger partial charge in [0.15, 0.2) is 0 Å². The number of phenols is 1. The number of nitrogen functional groups attached to an aromatic ring is 1. The molecule has 0 amide bonds. The molecule has 1 aliphatic rings. The van der Waals surface area contributed by atoms with Crippen LogP contribution in [0.1, 0.15) is 18.9 Å². The van der Waals surface area contributed by atoms with Gasteiger partial charge in [0.1, 0.15) is 11.6 Å². The maximum absolute atomic E-state index is 10.3. The Bertz CT molecular complexity index is 852. The minimum Gasteiger partial charge on any atom is -0.505 e. The lowest BCUT2D eigenvalue weighted by Gasteiger charge is -2.10. The van der Waals surface area contributed by atoms with Gasteiger partial charge < -0.3 is 15.4 Å². The number of para-hydroxylation sites is 1. The molecule has 4 nitrogen and oxygen atoms in total. The fourth-order valence-corrected chi connectivity index (χ4v) is 3.06. The van der Waals surface area contributed by atoms with Crippen molar-refractivity contribution in [2.45, 2.75) is 18.9 Å². The highest BCUT2D eigenvalue weighted by atomic mass is 79.9. The third kappa shape index (κ3) is 2.00. The van der Waals surface area contributed by atoms with E-state index in [0.717, 1.165) is 34.2 Å². The third-order valence-electron chi connectivity index (χ3n) is 3.87. The number of hydrogen-bond acceptors (Lipinski definition) is 3. The van der Waals surface area contributed by atoms with Crippen molar-refractivity contribution in [3.05, 3.63) is 40.9 Å². The molecule has 0 bridgehead atoms. The number of phenolic OH excluding ortho intramolecular Hbond substituents is 1. The maximum Gasteiger partial charge on any atom is 0.149 e. The van der Waals surface area contributed by atoms with Crippen LogP contribution in [0, 0.1) is 0 Å². The van der Waals surface area contributed by atoms with Gasteiger partial charge in [0.25, 0.3) is 0 Å². The van der Waals surface area contributed by atoms with Gasteiger partial charge >= 0.3 is 0 Å². The van der Waals surface area contributed by atoms with Crippen LogP contribution >= 0.6 is 15.9 Å². The molecule has 21 heavy (non-hydrogen) atoms. The third-order valence-corrected chi connectivity index (χ3v) is 4.36. The molecule has 0 radical (unpaired) electrons. The first-order chi connectivity index (χ1) is 10.1. The molecule has 1 heterocycles. The van der Waals surface area contributed by atoms with E-state index in [9.17, 15) is 5.11 Å². The molecular formula is C16H14BrN3O. The Morgan fingerprint density at radius 3 is 2.81 bits per heavy atom. The highest BCUT2D eigenvalue weighted by Crippen LogP contribution is 2.43. The van der Waals surface area contributed by atoms with Gasteiger partial charge in [-0.25, -0.2) is 4.98 Å². The van der Waals surface area contributed by atoms with Crippen LogP contribution in [-0.2, 0) is 0 Å². The highest BCUT2D eigenvalue weighted by molar-refractivity contribution is 9.10. The molecule has 1 saturated carbocycles. The van der Waals surface area contributed by atoms with Crippen LogP contribution in [0.15, 0.2) is 40.9 Å². The van der Waals surface area contributed by atoms with Crippen LogP contribution in [0.2, 0.25) is 0 Å². The number of aromatic nitrogens is 2. The predicted octanol–water partition coefficient (Wildman–Crippen LogP) is 4.09. The normalized spacial score (nSPS) is 14.7. The molecule has 0 aliphatic heterocycles. The Kier molecular flexibility index (Phi) is 2.72. The Hall–Kier alpha value is -2.01. The van der Waals surface area contributed by atoms with Crippen molar-refractivity contribution in [3.8, 4) is 17.1 Å². The van der Waals surface area contributed by atoms with Gasteiger partial charge in [0.2, 0.25) is 0 Å². The second-order valence-electron chi connectivity index (χ2n) is 5.41. The molecule has 0 atom stereocenters. The molecule has 2 aromatic carbocycles. The smallest absolute Gasteiger partial charge is 0.149 e. The zero-order valence-electron chi connectivity index (χ0n) is 11.3. The molecule has 1 aliphatic carbocycles. The van der Waals surface area contributed by atoms with Gasteiger partial charge in [-0.2, -0.15) is 0 Å². The second kappa shape index (κ2) is 4.49. The summed E-state index contributed by atoms with van der Waals surface area (Å²) in [5.74, 6) is 0.893. The summed E-state index contributed by atoms with van der Waals surface area (Å²) in [5, 5.41) is 10.3. The minimum atomic E-state index is 0.105. The largest absolute Gasteiger partial charge is 0.505 e. The van der Waals surface area contributed by atoms with Crippen LogP contribution in [0.3, 0.4) is 0 Å². The van der Waals surface area contributed by atoms with E-state index in [0.29, 0.717) is 17.3 Å². The average Bonchev–Trinajstić information content (AvgIpc) is 3.23. The molecule has 0 saturated heterocycles. The number of anilines is 1. The van der Waals surface area contributed by atoms with E-state index in [4.69, 9.17) is 10.7 Å². The molecule has 106 valence electrons. The lowest BCUT2D eigenvalue weighted by atomic mass is 10.1. The van der Waals surface area contributed by atoms with Crippen LogP contribution < -0.4 is 5.73 Å². The fourth-order valence-electron chi connectivity index (χ4n) is 2.71. The van der Waals surface area contributed by atoms with Crippen molar-refractivity contribution < 1.29 is 5.11 Å². The molecule has 5 heteroatoms. The topological polar surface area (TPSA) is 64.1 Å². The van der Waals surface area contributed by atoms with Crippen molar-refractivity contribution >= 4 is 32.7 Å². The summed E-state index contributed by atoms with van der Waals surface area (Å²) >= 11 is 3.48. The number of halogens is 1. The second-order valence-corrected chi connectivity index (χ2v) is 6.33. The quantitative estimate of drug-likeness (QED) is 0.544. The van der Waals surface area contributed by atoms with Crippen molar-refractivity contribution in [1.82, 2.24) is 9.55 Å². The van der Waals surface area contributed by atoms with E-state index in [2.05, 4.69) is 26.6 Å². The number of hydrogen-bond donors (Lipinski definition) is 2. The van der Waals surface area contributed by atoms with Gasteiger partial charge in [0.05, 0.1) is 22.3 Å². The van der Waals surface area contributed by atoms with E-state index in [1.807, 2.05) is 24.3 Å². The molecule has 3 aromatic rings. The van der Waals surface area contributed by atoms with Crippen molar-refractivity contribution in [3.63, 3.8) is 0 Å². The van der Waals surface area contributed by atoms with E-state index in [1.54, 1.807) is 6.07 Å². The summed E-state index contributed by atoms with van der Waals surface area (Å²) in [6, 6.07) is 12.0. The summed E-state index contributed by atoms with van der Waals surface area (Å²) in [4.78, 5) is 4.72. The lowest BCUT2D eigenvalue weighted by Crippen LogP contribution is -1.98. The van der Waals surface area contributed by atoms with Gasteiger partial charge in [-0.15, -0.1) is 0 Å². The van der Waals surface area contributed by atoms with E-state index in [-0.39, 0.29) is 5.75 Å². The van der Waals surface area contributed by atoms with Crippen molar-refractivity contribution in [1.29, 1.82) is 0 Å². The van der Waals surface area contributed by atoms with Crippen molar-refractivity contribution in [2.24, 2.45) is 0 Å². The van der Waals surface area contributed by atoms with E-state index >= 15 is 0 Å². The number of imidazole rings is 1.